The van der Waals surface area contributed by atoms with Crippen LogP contribution in [0.4, 0.5) is 16.2 Å². The van der Waals surface area contributed by atoms with Gasteiger partial charge in [-0.1, -0.05) is 12.1 Å². The minimum atomic E-state index is -0.191. The van der Waals surface area contributed by atoms with Crippen LogP contribution in [0.1, 0.15) is 19.3 Å². The number of amides is 2. The second-order valence-corrected chi connectivity index (χ2v) is 5.14. The minimum absolute atomic E-state index is 0.0301. The van der Waals surface area contributed by atoms with Crippen LogP contribution < -0.4 is 10.2 Å². The first-order chi connectivity index (χ1) is 9.72. The number of nitrogens with zero attached hydrogens (tertiary/aromatic N) is 2. The summed E-state index contributed by atoms with van der Waals surface area (Å²) in [6.07, 6.45) is 3.68. The largest absolute Gasteiger partial charge is 0.395 e. The van der Waals surface area contributed by atoms with Gasteiger partial charge >= 0.3 is 6.03 Å². The Morgan fingerprint density at radius 2 is 2.00 bits per heavy atom. The lowest BCUT2D eigenvalue weighted by molar-refractivity contribution is 0.202. The Morgan fingerprint density at radius 1 is 1.30 bits per heavy atom. The predicted octanol–water partition coefficient (Wildman–Crippen LogP) is 2.13. The molecule has 0 radical (unpaired) electrons. The fourth-order valence-electron chi connectivity index (χ4n) is 2.45. The second kappa shape index (κ2) is 7.14. The third kappa shape index (κ3) is 3.63. The van der Waals surface area contributed by atoms with Gasteiger partial charge in [0.2, 0.25) is 0 Å². The number of hydrogen-bond donors (Lipinski definition) is 2. The quantitative estimate of drug-likeness (QED) is 0.886. The molecule has 1 saturated heterocycles. The fraction of sp³-hybridized carbons (Fsp3) is 0.533. The summed E-state index contributed by atoms with van der Waals surface area (Å²) in [6.45, 7) is 2.38. The van der Waals surface area contributed by atoms with Gasteiger partial charge in [0.05, 0.1) is 18.0 Å². The van der Waals surface area contributed by atoms with Crippen LogP contribution in [0, 0.1) is 0 Å². The molecule has 0 saturated carbocycles. The number of urea groups is 1. The highest BCUT2D eigenvalue weighted by atomic mass is 16.3. The maximum atomic E-state index is 12.0. The summed E-state index contributed by atoms with van der Waals surface area (Å²) in [6, 6.07) is 7.71. The monoisotopic (exact) mass is 277 g/mol. The van der Waals surface area contributed by atoms with E-state index in [4.69, 9.17) is 5.11 Å². The molecule has 1 aromatic carbocycles. The van der Waals surface area contributed by atoms with Crippen molar-refractivity contribution in [2.24, 2.45) is 0 Å². The average molecular weight is 277 g/mol. The Labute approximate surface area is 120 Å². The molecule has 2 rings (SSSR count). The van der Waals surface area contributed by atoms with Gasteiger partial charge in [0.1, 0.15) is 0 Å². The number of hydrogen-bond acceptors (Lipinski definition) is 3. The molecule has 0 bridgehead atoms. The number of carbonyl (C=O) groups excluding carboxylic acids is 1. The zero-order valence-electron chi connectivity index (χ0n) is 12.0. The van der Waals surface area contributed by atoms with Crippen LogP contribution in [-0.4, -0.2) is 49.3 Å². The van der Waals surface area contributed by atoms with E-state index in [1.807, 2.05) is 24.3 Å². The summed E-state index contributed by atoms with van der Waals surface area (Å²) < 4.78 is 0. The van der Waals surface area contributed by atoms with Crippen LogP contribution >= 0.6 is 0 Å². The maximum absolute atomic E-state index is 12.0. The van der Waals surface area contributed by atoms with Gasteiger partial charge in [-0.2, -0.15) is 0 Å². The molecule has 0 aromatic heterocycles. The van der Waals surface area contributed by atoms with Crippen molar-refractivity contribution in [2.45, 2.75) is 19.3 Å². The molecule has 2 N–H and O–H groups in total. The number of aliphatic hydroxyl groups is 1. The standard InChI is InChI=1S/C15H23N3O2/c1-17(11-12-19)15(20)16-13-7-3-4-8-14(13)18-9-5-2-6-10-18/h3-4,7-8,19H,2,5-6,9-12H2,1H3,(H,16,20). The summed E-state index contributed by atoms with van der Waals surface area (Å²) in [5.74, 6) is 0. The molecule has 20 heavy (non-hydrogen) atoms. The molecule has 0 unspecified atom stereocenters. The number of likely N-dealkylation sites (N-methyl/N-ethyl adjacent to an activating group) is 1. The summed E-state index contributed by atoms with van der Waals surface area (Å²) in [5, 5.41) is 11.8. The van der Waals surface area contributed by atoms with Crippen LogP contribution in [0.3, 0.4) is 0 Å². The highest BCUT2D eigenvalue weighted by molar-refractivity contribution is 5.93. The molecule has 2 amide bonds. The van der Waals surface area contributed by atoms with E-state index in [1.165, 1.54) is 24.2 Å². The molecule has 0 aliphatic carbocycles. The minimum Gasteiger partial charge on any atom is -0.395 e. The van der Waals surface area contributed by atoms with E-state index in [0.717, 1.165) is 24.5 Å². The lowest BCUT2D eigenvalue weighted by atomic mass is 10.1. The van der Waals surface area contributed by atoms with E-state index in [0.29, 0.717) is 6.54 Å². The number of aliphatic hydroxyl groups excluding tert-OH is 1. The van der Waals surface area contributed by atoms with Gasteiger partial charge in [0.25, 0.3) is 0 Å². The maximum Gasteiger partial charge on any atom is 0.321 e. The Hall–Kier alpha value is -1.75. The number of piperidine rings is 1. The zero-order chi connectivity index (χ0) is 14.4. The molecule has 1 aliphatic heterocycles. The van der Waals surface area contributed by atoms with Crippen LogP contribution in [0.15, 0.2) is 24.3 Å². The molecule has 0 spiro atoms. The topological polar surface area (TPSA) is 55.8 Å². The smallest absolute Gasteiger partial charge is 0.321 e. The molecule has 5 heteroatoms. The third-order valence-electron chi connectivity index (χ3n) is 3.62. The molecular formula is C15H23N3O2. The molecule has 110 valence electrons. The first-order valence-corrected chi connectivity index (χ1v) is 7.19. The van der Waals surface area contributed by atoms with E-state index in [2.05, 4.69) is 10.2 Å². The predicted molar refractivity (Wildman–Crippen MR) is 81.2 cm³/mol. The lowest BCUT2D eigenvalue weighted by Gasteiger charge is -2.31. The number of carbonyl (C=O) groups is 1. The molecule has 0 atom stereocenters. The van der Waals surface area contributed by atoms with Crippen molar-refractivity contribution in [1.82, 2.24) is 4.90 Å². The molecular weight excluding hydrogens is 254 g/mol. The molecule has 1 heterocycles. The van der Waals surface area contributed by atoms with Gasteiger partial charge in [-0.25, -0.2) is 4.79 Å². The first-order valence-electron chi connectivity index (χ1n) is 7.19. The van der Waals surface area contributed by atoms with Gasteiger partial charge < -0.3 is 20.2 Å². The number of nitrogens with one attached hydrogen (secondary N) is 1. The van der Waals surface area contributed by atoms with Crippen molar-refractivity contribution >= 4 is 17.4 Å². The average Bonchev–Trinajstić information content (AvgIpc) is 2.49. The van der Waals surface area contributed by atoms with E-state index in [9.17, 15) is 4.79 Å². The van der Waals surface area contributed by atoms with Crippen molar-refractivity contribution in [3.63, 3.8) is 0 Å². The van der Waals surface area contributed by atoms with Crippen molar-refractivity contribution in [3.8, 4) is 0 Å². The van der Waals surface area contributed by atoms with E-state index < -0.39 is 0 Å². The summed E-state index contributed by atoms with van der Waals surface area (Å²) in [7, 11) is 1.68. The van der Waals surface area contributed by atoms with Crippen LogP contribution in [0.25, 0.3) is 0 Å². The van der Waals surface area contributed by atoms with E-state index in [-0.39, 0.29) is 12.6 Å². The van der Waals surface area contributed by atoms with Gasteiger partial charge in [0, 0.05) is 26.7 Å². The lowest BCUT2D eigenvalue weighted by Crippen LogP contribution is -2.35. The number of rotatable bonds is 4. The van der Waals surface area contributed by atoms with Gasteiger partial charge in [-0.15, -0.1) is 0 Å². The van der Waals surface area contributed by atoms with Gasteiger partial charge in [0.15, 0.2) is 0 Å². The van der Waals surface area contributed by atoms with Crippen LogP contribution in [0.2, 0.25) is 0 Å². The molecule has 5 nitrogen and oxygen atoms in total. The Balaban J connectivity index is 2.09. The highest BCUT2D eigenvalue weighted by Crippen LogP contribution is 2.28. The van der Waals surface area contributed by atoms with E-state index in [1.54, 1.807) is 7.05 Å². The van der Waals surface area contributed by atoms with Crippen molar-refractivity contribution < 1.29 is 9.90 Å². The fourth-order valence-corrected chi connectivity index (χ4v) is 2.45. The summed E-state index contributed by atoms with van der Waals surface area (Å²) >= 11 is 0. The molecule has 1 fully saturated rings. The summed E-state index contributed by atoms with van der Waals surface area (Å²) in [4.78, 5) is 15.8. The SMILES string of the molecule is CN(CCO)C(=O)Nc1ccccc1N1CCCCC1. The first kappa shape index (κ1) is 14.7. The van der Waals surface area contributed by atoms with Crippen molar-refractivity contribution in [3.05, 3.63) is 24.3 Å². The highest BCUT2D eigenvalue weighted by Gasteiger charge is 2.16. The second-order valence-electron chi connectivity index (χ2n) is 5.14. The normalized spacial score (nSPS) is 15.0. The Bertz CT molecular complexity index is 444. The molecule has 1 aromatic rings. The Morgan fingerprint density at radius 3 is 2.70 bits per heavy atom. The zero-order valence-corrected chi connectivity index (χ0v) is 12.0. The number of para-hydroxylation sites is 2. The van der Waals surface area contributed by atoms with Crippen LogP contribution in [0.5, 0.6) is 0 Å². The van der Waals surface area contributed by atoms with Gasteiger partial charge in [-0.05, 0) is 31.4 Å². The molecule has 1 aliphatic rings. The van der Waals surface area contributed by atoms with Gasteiger partial charge in [-0.3, -0.25) is 0 Å². The summed E-state index contributed by atoms with van der Waals surface area (Å²) in [5.41, 5.74) is 1.92. The van der Waals surface area contributed by atoms with Crippen molar-refractivity contribution in [2.75, 3.05) is 43.5 Å². The van der Waals surface area contributed by atoms with Crippen molar-refractivity contribution in [1.29, 1.82) is 0 Å². The third-order valence-corrected chi connectivity index (χ3v) is 3.62. The number of benzene rings is 1. The Kier molecular flexibility index (Phi) is 5.24. The van der Waals surface area contributed by atoms with E-state index >= 15 is 0 Å². The number of anilines is 2. The van der Waals surface area contributed by atoms with Crippen LogP contribution in [-0.2, 0) is 0 Å².